The van der Waals surface area contributed by atoms with Gasteiger partial charge in [-0.3, -0.25) is 0 Å². The normalized spacial score (nSPS) is 15.2. The van der Waals surface area contributed by atoms with E-state index in [1.54, 1.807) is 24.3 Å². The Morgan fingerprint density at radius 3 is 2.13 bits per heavy atom. The van der Waals surface area contributed by atoms with Crippen molar-refractivity contribution in [3.8, 4) is 22.6 Å². The fourth-order valence-electron chi connectivity index (χ4n) is 5.08. The van der Waals surface area contributed by atoms with Gasteiger partial charge in [0.1, 0.15) is 11.5 Å². The zero-order valence-electron chi connectivity index (χ0n) is 21.0. The Labute approximate surface area is 221 Å². The molecule has 0 bridgehead atoms. The Morgan fingerprint density at radius 2 is 1.42 bits per heavy atom. The first-order chi connectivity index (χ1) is 18.4. The lowest BCUT2D eigenvalue weighted by Gasteiger charge is -2.38. The summed E-state index contributed by atoms with van der Waals surface area (Å²) in [6, 6.07) is 30.7. The molecule has 4 aromatic rings. The van der Waals surface area contributed by atoms with E-state index in [9.17, 15) is 13.2 Å². The lowest BCUT2D eigenvalue weighted by molar-refractivity contribution is -0.137. The molecule has 1 saturated heterocycles. The van der Waals surface area contributed by atoms with Gasteiger partial charge in [-0.05, 0) is 79.0 Å². The number of nitrogens with one attached hydrogen (secondary N) is 1. The second-order valence-electron chi connectivity index (χ2n) is 9.72. The molecule has 0 aliphatic carbocycles. The smallest absolute Gasteiger partial charge is 0.416 e. The number of hydrogen-bond acceptors (Lipinski definition) is 3. The highest BCUT2D eigenvalue weighted by Gasteiger charge is 2.35. The van der Waals surface area contributed by atoms with E-state index in [2.05, 4.69) is 17.4 Å². The molecule has 196 valence electrons. The van der Waals surface area contributed by atoms with Gasteiger partial charge in [-0.1, -0.05) is 66.7 Å². The van der Waals surface area contributed by atoms with Crippen LogP contribution in [0.15, 0.2) is 103 Å². The number of piperidine rings is 1. The second kappa shape index (κ2) is 11.4. The van der Waals surface area contributed by atoms with E-state index < -0.39 is 11.7 Å². The molecule has 1 aliphatic rings. The predicted molar refractivity (Wildman–Crippen MR) is 143 cm³/mol. The summed E-state index contributed by atoms with van der Waals surface area (Å²) < 4.78 is 54.0. The number of rotatable bonds is 8. The van der Waals surface area contributed by atoms with Crippen molar-refractivity contribution < 1.29 is 22.6 Å². The predicted octanol–water partition coefficient (Wildman–Crippen LogP) is 8.00. The summed E-state index contributed by atoms with van der Waals surface area (Å²) in [7, 11) is 0. The Kier molecular flexibility index (Phi) is 7.82. The van der Waals surface area contributed by atoms with Gasteiger partial charge in [-0.15, -0.1) is 0 Å². The highest BCUT2D eigenvalue weighted by molar-refractivity contribution is 5.72. The lowest BCUT2D eigenvalue weighted by Crippen LogP contribution is -2.43. The zero-order valence-corrected chi connectivity index (χ0v) is 21.0. The van der Waals surface area contributed by atoms with E-state index in [-0.39, 0.29) is 12.0 Å². The molecule has 0 spiro atoms. The van der Waals surface area contributed by atoms with Crippen LogP contribution in [0.3, 0.4) is 0 Å². The number of benzene rings is 4. The minimum atomic E-state index is -4.49. The molecule has 38 heavy (non-hydrogen) atoms. The molecule has 0 saturated carbocycles. The van der Waals surface area contributed by atoms with Crippen molar-refractivity contribution in [1.29, 1.82) is 0 Å². The fourth-order valence-corrected chi connectivity index (χ4v) is 5.08. The number of hydrogen-bond donors (Lipinski definition) is 1. The molecular weight excluding hydrogens is 487 g/mol. The van der Waals surface area contributed by atoms with Crippen molar-refractivity contribution in [2.24, 2.45) is 0 Å². The van der Waals surface area contributed by atoms with Gasteiger partial charge in [0.25, 0.3) is 0 Å². The van der Waals surface area contributed by atoms with Crippen LogP contribution in [0.25, 0.3) is 11.1 Å². The summed E-state index contributed by atoms with van der Waals surface area (Å²) in [6.07, 6.45) is -2.66. The van der Waals surface area contributed by atoms with Crippen LogP contribution in [-0.2, 0) is 22.9 Å². The zero-order chi connectivity index (χ0) is 26.4. The maximum absolute atomic E-state index is 13.9. The maximum atomic E-state index is 13.9. The minimum absolute atomic E-state index is 0.0840. The Morgan fingerprint density at radius 1 is 0.763 bits per heavy atom. The summed E-state index contributed by atoms with van der Waals surface area (Å²) in [4.78, 5) is 0. The Hall–Kier alpha value is -3.61. The molecule has 4 aromatic carbocycles. The number of alkyl halides is 3. The molecule has 1 heterocycles. The third kappa shape index (κ3) is 6.09. The van der Waals surface area contributed by atoms with E-state index in [0.717, 1.165) is 25.9 Å². The third-order valence-corrected chi connectivity index (χ3v) is 7.08. The van der Waals surface area contributed by atoms with Crippen LogP contribution in [0, 0.1) is 0 Å². The van der Waals surface area contributed by atoms with Crippen molar-refractivity contribution in [3.63, 3.8) is 0 Å². The molecule has 0 unspecified atom stereocenters. The van der Waals surface area contributed by atoms with Gasteiger partial charge in [0.15, 0.2) is 0 Å². The standard InChI is InChI=1S/C32H30F3NO2/c33-32(34,35)27-20-24(22-37-23-31(15-17-36-18-16-31)26-9-3-1-4-10-26)19-25(21-27)29-13-7-8-14-30(29)38-28-11-5-2-6-12-28/h1-14,19-21,36H,15-18,22-23H2. The number of para-hydroxylation sites is 2. The molecule has 1 N–H and O–H groups in total. The average molecular weight is 518 g/mol. The van der Waals surface area contributed by atoms with Gasteiger partial charge in [0.2, 0.25) is 0 Å². The van der Waals surface area contributed by atoms with Crippen LogP contribution < -0.4 is 10.1 Å². The Bertz CT molecular complexity index is 1330. The van der Waals surface area contributed by atoms with Crippen LogP contribution >= 0.6 is 0 Å². The number of halogens is 3. The lowest BCUT2D eigenvalue weighted by atomic mass is 9.74. The van der Waals surface area contributed by atoms with E-state index in [1.165, 1.54) is 17.7 Å². The van der Waals surface area contributed by atoms with Crippen molar-refractivity contribution in [1.82, 2.24) is 5.32 Å². The third-order valence-electron chi connectivity index (χ3n) is 7.08. The fraction of sp³-hybridized carbons (Fsp3) is 0.250. The largest absolute Gasteiger partial charge is 0.457 e. The summed E-state index contributed by atoms with van der Waals surface area (Å²) >= 11 is 0. The maximum Gasteiger partial charge on any atom is 0.416 e. The first-order valence-corrected chi connectivity index (χ1v) is 12.8. The van der Waals surface area contributed by atoms with Crippen LogP contribution in [0.1, 0.15) is 29.5 Å². The minimum Gasteiger partial charge on any atom is -0.457 e. The molecular formula is C32H30F3NO2. The highest BCUT2D eigenvalue weighted by atomic mass is 19.4. The topological polar surface area (TPSA) is 30.5 Å². The van der Waals surface area contributed by atoms with E-state index in [4.69, 9.17) is 9.47 Å². The SMILES string of the molecule is FC(F)(F)c1cc(COCC2(c3ccccc3)CCNCC2)cc(-c2ccccc2Oc2ccccc2)c1. The van der Waals surface area contributed by atoms with Crippen molar-refractivity contribution >= 4 is 0 Å². The second-order valence-corrected chi connectivity index (χ2v) is 9.72. The van der Waals surface area contributed by atoms with Gasteiger partial charge in [-0.2, -0.15) is 13.2 Å². The quantitative estimate of drug-likeness (QED) is 0.257. The summed E-state index contributed by atoms with van der Waals surface area (Å²) in [5, 5.41) is 3.40. The molecule has 1 fully saturated rings. The van der Waals surface area contributed by atoms with Crippen LogP contribution in [0.2, 0.25) is 0 Å². The summed E-state index contributed by atoms with van der Waals surface area (Å²) in [5.74, 6) is 1.10. The van der Waals surface area contributed by atoms with E-state index in [1.807, 2.05) is 54.6 Å². The van der Waals surface area contributed by atoms with Crippen LogP contribution in [0.4, 0.5) is 13.2 Å². The molecule has 0 amide bonds. The average Bonchev–Trinajstić information content (AvgIpc) is 2.94. The Balaban J connectivity index is 1.42. The molecule has 0 radical (unpaired) electrons. The van der Waals surface area contributed by atoms with Crippen LogP contribution in [0.5, 0.6) is 11.5 Å². The highest BCUT2D eigenvalue weighted by Crippen LogP contribution is 2.39. The van der Waals surface area contributed by atoms with Gasteiger partial charge in [0, 0.05) is 11.0 Å². The molecule has 3 nitrogen and oxygen atoms in total. The molecule has 1 aliphatic heterocycles. The van der Waals surface area contributed by atoms with Crippen molar-refractivity contribution in [3.05, 3.63) is 120 Å². The summed E-state index contributed by atoms with van der Waals surface area (Å²) in [5.41, 5.74) is 1.84. The molecule has 6 heteroatoms. The van der Waals surface area contributed by atoms with E-state index in [0.29, 0.717) is 34.8 Å². The molecule has 0 atom stereocenters. The molecule has 5 rings (SSSR count). The van der Waals surface area contributed by atoms with Crippen molar-refractivity contribution in [2.75, 3.05) is 19.7 Å². The van der Waals surface area contributed by atoms with Gasteiger partial charge in [-0.25, -0.2) is 0 Å². The first kappa shape index (κ1) is 26.0. The van der Waals surface area contributed by atoms with Gasteiger partial charge < -0.3 is 14.8 Å². The van der Waals surface area contributed by atoms with Crippen molar-refractivity contribution in [2.45, 2.75) is 31.0 Å². The monoisotopic (exact) mass is 517 g/mol. The van der Waals surface area contributed by atoms with Gasteiger partial charge in [0.05, 0.1) is 18.8 Å². The van der Waals surface area contributed by atoms with Crippen LogP contribution in [-0.4, -0.2) is 19.7 Å². The molecule has 0 aromatic heterocycles. The number of ether oxygens (including phenoxy) is 2. The summed E-state index contributed by atoms with van der Waals surface area (Å²) in [6.45, 7) is 2.28. The first-order valence-electron chi connectivity index (χ1n) is 12.8. The van der Waals surface area contributed by atoms with Gasteiger partial charge >= 0.3 is 6.18 Å². The van der Waals surface area contributed by atoms with E-state index >= 15 is 0 Å².